The minimum absolute atomic E-state index is 0.0566. The first-order chi connectivity index (χ1) is 11.0. The van der Waals surface area contributed by atoms with Crippen molar-refractivity contribution < 1.29 is 27.7 Å². The number of carboxylic acids is 1. The van der Waals surface area contributed by atoms with Crippen LogP contribution in [0.15, 0.2) is 27.7 Å². The lowest BCUT2D eigenvalue weighted by Crippen LogP contribution is -2.41. The summed E-state index contributed by atoms with van der Waals surface area (Å²) < 4.78 is 36.7. The lowest BCUT2D eigenvalue weighted by atomic mass is 10.1. The summed E-state index contributed by atoms with van der Waals surface area (Å²) in [4.78, 5) is 10.6. The van der Waals surface area contributed by atoms with Crippen molar-refractivity contribution in [2.45, 2.75) is 23.8 Å². The van der Waals surface area contributed by atoms with Gasteiger partial charge in [0.15, 0.2) is 5.52 Å². The Balaban J connectivity index is 1.75. The van der Waals surface area contributed by atoms with E-state index in [1.54, 1.807) is 12.1 Å². The molecule has 124 valence electrons. The largest absolute Gasteiger partial charge is 0.480 e. The Kier molecular flexibility index (Phi) is 4.28. The van der Waals surface area contributed by atoms with Crippen LogP contribution in [-0.2, 0) is 19.6 Å². The Morgan fingerprint density at radius 3 is 2.78 bits per heavy atom. The van der Waals surface area contributed by atoms with Crippen molar-refractivity contribution in [3.8, 4) is 0 Å². The van der Waals surface area contributed by atoms with Gasteiger partial charge in [0, 0.05) is 13.1 Å². The van der Waals surface area contributed by atoms with E-state index >= 15 is 0 Å². The summed E-state index contributed by atoms with van der Waals surface area (Å²) in [5.41, 5.74) is 0.586. The van der Waals surface area contributed by atoms with Gasteiger partial charge in [-0.15, -0.1) is 0 Å². The summed E-state index contributed by atoms with van der Waals surface area (Å²) in [5.74, 6) is -1.04. The van der Waals surface area contributed by atoms with Crippen molar-refractivity contribution in [2.24, 2.45) is 0 Å². The standard InChI is InChI=1S/C13H15N3O6S/c17-12(18)8-21-9-4-6-16(7-5-9)23(19,20)11-3-1-2-10-13(11)15-22-14-10/h1-3,9H,4-8H2,(H,17,18). The molecular formula is C13H15N3O6S. The topological polar surface area (TPSA) is 123 Å². The molecule has 0 spiro atoms. The van der Waals surface area contributed by atoms with E-state index in [1.807, 2.05) is 0 Å². The maximum absolute atomic E-state index is 12.8. The maximum atomic E-state index is 12.8. The Bertz CT molecular complexity index is 810. The van der Waals surface area contributed by atoms with Gasteiger partial charge in [-0.05, 0) is 35.3 Å². The molecule has 0 bridgehead atoms. The van der Waals surface area contributed by atoms with Gasteiger partial charge in [0.05, 0.1) is 6.10 Å². The second kappa shape index (κ2) is 6.22. The quantitative estimate of drug-likeness (QED) is 0.833. The Morgan fingerprint density at radius 1 is 1.35 bits per heavy atom. The van der Waals surface area contributed by atoms with Crippen LogP contribution in [0.2, 0.25) is 0 Å². The smallest absolute Gasteiger partial charge is 0.329 e. The highest BCUT2D eigenvalue weighted by Gasteiger charge is 2.32. The molecule has 1 aliphatic heterocycles. The van der Waals surface area contributed by atoms with Crippen LogP contribution in [0.4, 0.5) is 0 Å². The van der Waals surface area contributed by atoms with Gasteiger partial charge in [0.25, 0.3) is 0 Å². The van der Waals surface area contributed by atoms with Crippen LogP contribution >= 0.6 is 0 Å². The number of benzene rings is 1. The number of aliphatic carboxylic acids is 1. The van der Waals surface area contributed by atoms with Gasteiger partial charge in [0.1, 0.15) is 17.0 Å². The van der Waals surface area contributed by atoms with Gasteiger partial charge in [-0.1, -0.05) is 6.07 Å². The third kappa shape index (κ3) is 3.19. The molecule has 1 fully saturated rings. The molecule has 0 unspecified atom stereocenters. The van der Waals surface area contributed by atoms with Crippen LogP contribution < -0.4 is 0 Å². The first kappa shape index (κ1) is 15.8. The van der Waals surface area contributed by atoms with E-state index in [9.17, 15) is 13.2 Å². The van der Waals surface area contributed by atoms with Crippen LogP contribution in [-0.4, -0.2) is 59.9 Å². The summed E-state index contributed by atoms with van der Waals surface area (Å²) in [5, 5.41) is 15.9. The number of hydrogen-bond acceptors (Lipinski definition) is 7. The lowest BCUT2D eigenvalue weighted by molar-refractivity contribution is -0.145. The normalized spacial score (nSPS) is 17.6. The molecule has 3 rings (SSSR count). The van der Waals surface area contributed by atoms with E-state index < -0.39 is 16.0 Å². The van der Waals surface area contributed by atoms with Crippen molar-refractivity contribution in [3.05, 3.63) is 18.2 Å². The molecule has 0 saturated carbocycles. The number of ether oxygens (including phenoxy) is 1. The maximum Gasteiger partial charge on any atom is 0.329 e. The van der Waals surface area contributed by atoms with E-state index in [0.717, 1.165) is 0 Å². The fourth-order valence-corrected chi connectivity index (χ4v) is 4.16. The average molecular weight is 341 g/mol. The first-order valence-corrected chi connectivity index (χ1v) is 8.47. The number of aromatic nitrogens is 2. The van der Waals surface area contributed by atoms with Crippen molar-refractivity contribution in [1.29, 1.82) is 0 Å². The summed E-state index contributed by atoms with van der Waals surface area (Å²) in [7, 11) is -3.71. The number of piperidine rings is 1. The number of rotatable bonds is 5. The highest BCUT2D eigenvalue weighted by Crippen LogP contribution is 2.26. The molecule has 9 nitrogen and oxygen atoms in total. The van der Waals surface area contributed by atoms with Crippen molar-refractivity contribution in [2.75, 3.05) is 19.7 Å². The van der Waals surface area contributed by atoms with Gasteiger partial charge < -0.3 is 9.84 Å². The molecular weight excluding hydrogens is 326 g/mol. The van der Waals surface area contributed by atoms with E-state index in [1.165, 1.54) is 10.4 Å². The zero-order valence-electron chi connectivity index (χ0n) is 12.1. The fourth-order valence-electron chi connectivity index (χ4n) is 2.56. The lowest BCUT2D eigenvalue weighted by Gasteiger charge is -2.30. The predicted octanol–water partition coefficient (Wildman–Crippen LogP) is 0.477. The number of sulfonamides is 1. The molecule has 0 radical (unpaired) electrons. The van der Waals surface area contributed by atoms with Crippen molar-refractivity contribution in [3.63, 3.8) is 0 Å². The number of hydrogen-bond donors (Lipinski definition) is 1. The zero-order chi connectivity index (χ0) is 16.4. The molecule has 2 heterocycles. The monoisotopic (exact) mass is 341 g/mol. The van der Waals surface area contributed by atoms with E-state index in [2.05, 4.69) is 14.9 Å². The number of carboxylic acid groups (broad SMARTS) is 1. The molecule has 0 aliphatic carbocycles. The average Bonchev–Trinajstić information content (AvgIpc) is 3.01. The summed E-state index contributed by atoms with van der Waals surface area (Å²) >= 11 is 0. The number of fused-ring (bicyclic) bond motifs is 1. The molecule has 1 saturated heterocycles. The minimum Gasteiger partial charge on any atom is -0.480 e. The van der Waals surface area contributed by atoms with E-state index in [4.69, 9.17) is 9.84 Å². The van der Waals surface area contributed by atoms with E-state index in [-0.39, 0.29) is 36.2 Å². The van der Waals surface area contributed by atoms with Crippen LogP contribution in [0.5, 0.6) is 0 Å². The molecule has 1 aromatic heterocycles. The Morgan fingerprint density at radius 2 is 2.09 bits per heavy atom. The number of nitrogens with zero attached hydrogens (tertiary/aromatic N) is 3. The second-order valence-corrected chi connectivity index (χ2v) is 7.10. The van der Waals surface area contributed by atoms with Crippen LogP contribution in [0, 0.1) is 0 Å². The molecule has 2 aromatic rings. The van der Waals surface area contributed by atoms with Crippen molar-refractivity contribution >= 4 is 27.0 Å². The number of carbonyl (C=O) groups is 1. The molecule has 10 heteroatoms. The van der Waals surface area contributed by atoms with Crippen LogP contribution in [0.3, 0.4) is 0 Å². The molecule has 23 heavy (non-hydrogen) atoms. The van der Waals surface area contributed by atoms with Gasteiger partial charge in [-0.25, -0.2) is 17.8 Å². The SMILES string of the molecule is O=C(O)COC1CCN(S(=O)(=O)c2cccc3nonc23)CC1. The molecule has 1 aliphatic rings. The molecule has 0 atom stereocenters. The highest BCUT2D eigenvalue weighted by molar-refractivity contribution is 7.89. The first-order valence-electron chi connectivity index (χ1n) is 7.03. The predicted molar refractivity (Wildman–Crippen MR) is 77.2 cm³/mol. The van der Waals surface area contributed by atoms with Gasteiger partial charge in [0.2, 0.25) is 10.0 Å². The third-order valence-electron chi connectivity index (χ3n) is 3.71. The van der Waals surface area contributed by atoms with Crippen molar-refractivity contribution in [1.82, 2.24) is 14.6 Å². The minimum atomic E-state index is -3.71. The van der Waals surface area contributed by atoms with Crippen LogP contribution in [0.1, 0.15) is 12.8 Å². The fraction of sp³-hybridized carbons (Fsp3) is 0.462. The summed E-state index contributed by atoms with van der Waals surface area (Å²) in [6.07, 6.45) is 0.640. The van der Waals surface area contributed by atoms with Gasteiger partial charge in [-0.2, -0.15) is 4.31 Å². The second-order valence-electron chi connectivity index (χ2n) is 5.20. The van der Waals surface area contributed by atoms with Gasteiger partial charge in [-0.3, -0.25) is 0 Å². The summed E-state index contributed by atoms with van der Waals surface area (Å²) in [6.45, 7) is 0.143. The van der Waals surface area contributed by atoms with E-state index in [0.29, 0.717) is 18.4 Å². The summed E-state index contributed by atoms with van der Waals surface area (Å²) in [6, 6.07) is 4.67. The Hall–Kier alpha value is -2.04. The highest BCUT2D eigenvalue weighted by atomic mass is 32.2. The zero-order valence-corrected chi connectivity index (χ0v) is 12.9. The van der Waals surface area contributed by atoms with Gasteiger partial charge >= 0.3 is 5.97 Å². The molecule has 1 N–H and O–H groups in total. The van der Waals surface area contributed by atoms with Crippen LogP contribution in [0.25, 0.3) is 11.0 Å². The molecule has 1 aromatic carbocycles. The third-order valence-corrected chi connectivity index (χ3v) is 5.64. The Labute approximate surface area is 131 Å². The molecule has 0 amide bonds.